The molecule has 22 heavy (non-hydrogen) atoms. The lowest BCUT2D eigenvalue weighted by Crippen LogP contribution is -2.50. The topological polar surface area (TPSA) is 32.3 Å². The molecule has 1 aliphatic heterocycles. The van der Waals surface area contributed by atoms with Crippen LogP contribution in [-0.2, 0) is 11.2 Å². The van der Waals surface area contributed by atoms with Crippen LogP contribution < -0.4 is 5.32 Å². The van der Waals surface area contributed by atoms with Gasteiger partial charge in [0.1, 0.15) is 0 Å². The van der Waals surface area contributed by atoms with Crippen molar-refractivity contribution in [3.8, 4) is 0 Å². The van der Waals surface area contributed by atoms with E-state index in [9.17, 15) is 4.79 Å². The lowest BCUT2D eigenvalue weighted by molar-refractivity contribution is -0.127. The fourth-order valence-electron chi connectivity index (χ4n) is 3.53. The van der Waals surface area contributed by atoms with E-state index in [2.05, 4.69) is 24.2 Å². The molecular formula is C18H25ClN2O. The summed E-state index contributed by atoms with van der Waals surface area (Å²) in [4.78, 5) is 15.1. The lowest BCUT2D eigenvalue weighted by atomic mass is 9.91. The van der Waals surface area contributed by atoms with Gasteiger partial charge in [0, 0.05) is 17.6 Å². The Kier molecular flexibility index (Phi) is 4.47. The average molecular weight is 321 g/mol. The average Bonchev–Trinajstić information content (AvgIpc) is 3.25. The first-order valence-corrected chi connectivity index (χ1v) is 8.61. The molecular weight excluding hydrogens is 296 g/mol. The third-order valence-corrected chi connectivity index (χ3v) is 5.62. The van der Waals surface area contributed by atoms with E-state index in [1.807, 2.05) is 24.3 Å². The van der Waals surface area contributed by atoms with Crippen molar-refractivity contribution in [2.45, 2.75) is 38.6 Å². The maximum absolute atomic E-state index is 12.8. The van der Waals surface area contributed by atoms with E-state index < -0.39 is 0 Å². The van der Waals surface area contributed by atoms with E-state index in [0.29, 0.717) is 12.0 Å². The van der Waals surface area contributed by atoms with Gasteiger partial charge in [-0.25, -0.2) is 0 Å². The highest BCUT2D eigenvalue weighted by molar-refractivity contribution is 6.31. The summed E-state index contributed by atoms with van der Waals surface area (Å²) in [5.41, 5.74) is 0.877. The summed E-state index contributed by atoms with van der Waals surface area (Å²) in [6, 6.07) is 8.19. The van der Waals surface area contributed by atoms with E-state index in [-0.39, 0.29) is 11.3 Å². The Labute approximate surface area is 138 Å². The van der Waals surface area contributed by atoms with Gasteiger partial charge in [0.15, 0.2) is 0 Å². The molecule has 0 unspecified atom stereocenters. The third kappa shape index (κ3) is 3.31. The first-order chi connectivity index (χ1) is 10.5. The maximum atomic E-state index is 12.8. The summed E-state index contributed by atoms with van der Waals surface area (Å²) in [6.07, 6.45) is 3.77. The van der Waals surface area contributed by atoms with Crippen LogP contribution in [0.2, 0.25) is 5.02 Å². The first-order valence-electron chi connectivity index (χ1n) is 8.23. The highest BCUT2D eigenvalue weighted by Crippen LogP contribution is 2.49. The number of carbonyl (C=O) groups excluding carboxylic acids is 1. The lowest BCUT2D eigenvalue weighted by Gasteiger charge is -2.36. The van der Waals surface area contributed by atoms with Crippen LogP contribution in [0.5, 0.6) is 0 Å². The van der Waals surface area contributed by atoms with E-state index in [4.69, 9.17) is 11.6 Å². The van der Waals surface area contributed by atoms with E-state index in [0.717, 1.165) is 49.4 Å². The second-order valence-corrected chi connectivity index (χ2v) is 7.56. The summed E-state index contributed by atoms with van der Waals surface area (Å²) >= 11 is 6.26. The maximum Gasteiger partial charge on any atom is 0.226 e. The molecule has 1 saturated heterocycles. The number of piperidine rings is 1. The molecule has 2 aliphatic rings. The summed E-state index contributed by atoms with van der Waals surface area (Å²) in [5, 5.41) is 4.10. The van der Waals surface area contributed by atoms with Crippen molar-refractivity contribution < 1.29 is 4.79 Å². The molecule has 2 fully saturated rings. The van der Waals surface area contributed by atoms with Crippen molar-refractivity contribution in [3.05, 3.63) is 34.9 Å². The molecule has 1 saturated carbocycles. The Morgan fingerprint density at radius 2 is 2.14 bits per heavy atom. The second-order valence-electron chi connectivity index (χ2n) is 7.16. The second kappa shape index (κ2) is 6.21. The number of nitrogens with one attached hydrogen (secondary N) is 1. The number of benzene rings is 1. The third-order valence-electron chi connectivity index (χ3n) is 5.25. The number of nitrogens with zero attached hydrogens (tertiary/aromatic N) is 1. The van der Waals surface area contributed by atoms with Crippen LogP contribution in [0.25, 0.3) is 0 Å². The molecule has 4 heteroatoms. The zero-order valence-electron chi connectivity index (χ0n) is 13.4. The zero-order chi connectivity index (χ0) is 15.7. The van der Waals surface area contributed by atoms with E-state index >= 15 is 0 Å². The quantitative estimate of drug-likeness (QED) is 0.924. The summed E-state index contributed by atoms with van der Waals surface area (Å²) in [5.74, 6) is 0.743. The molecule has 0 bridgehead atoms. The number of hydrogen-bond donors (Lipinski definition) is 1. The van der Waals surface area contributed by atoms with Crippen LogP contribution in [0, 0.1) is 11.3 Å². The Morgan fingerprint density at radius 3 is 2.77 bits per heavy atom. The van der Waals surface area contributed by atoms with Gasteiger partial charge in [0.05, 0.1) is 5.41 Å². The fourth-order valence-corrected chi connectivity index (χ4v) is 3.73. The fraction of sp³-hybridized carbons (Fsp3) is 0.611. The molecule has 0 aromatic heterocycles. The minimum atomic E-state index is -0.214. The molecule has 1 amide bonds. The van der Waals surface area contributed by atoms with Gasteiger partial charge >= 0.3 is 0 Å². The van der Waals surface area contributed by atoms with Crippen molar-refractivity contribution in [3.63, 3.8) is 0 Å². The van der Waals surface area contributed by atoms with Crippen molar-refractivity contribution in [1.29, 1.82) is 0 Å². The molecule has 1 N–H and O–H groups in total. The SMILES string of the molecule is C[C@@H]1CN(C)CC[C@H]1NC(=O)C1(Cc2ccccc2Cl)CC1. The first kappa shape index (κ1) is 15.8. The van der Waals surface area contributed by atoms with E-state index in [1.165, 1.54) is 0 Å². The zero-order valence-corrected chi connectivity index (χ0v) is 14.2. The van der Waals surface area contributed by atoms with Gasteiger partial charge in [0.25, 0.3) is 0 Å². The van der Waals surface area contributed by atoms with Gasteiger partial charge in [-0.1, -0.05) is 36.7 Å². The van der Waals surface area contributed by atoms with Crippen molar-refractivity contribution >= 4 is 17.5 Å². The number of carbonyl (C=O) groups is 1. The number of halogens is 1. The minimum Gasteiger partial charge on any atom is -0.353 e. The smallest absolute Gasteiger partial charge is 0.226 e. The monoisotopic (exact) mass is 320 g/mol. The van der Waals surface area contributed by atoms with Gasteiger partial charge < -0.3 is 10.2 Å². The van der Waals surface area contributed by atoms with Crippen LogP contribution in [-0.4, -0.2) is 37.0 Å². The van der Waals surface area contributed by atoms with Crippen LogP contribution in [0.15, 0.2) is 24.3 Å². The molecule has 1 heterocycles. The van der Waals surface area contributed by atoms with Gasteiger partial charge in [-0.05, 0) is 56.8 Å². The van der Waals surface area contributed by atoms with Crippen molar-refractivity contribution in [2.24, 2.45) is 11.3 Å². The van der Waals surface area contributed by atoms with Gasteiger partial charge in [0.2, 0.25) is 5.91 Å². The van der Waals surface area contributed by atoms with E-state index in [1.54, 1.807) is 0 Å². The summed E-state index contributed by atoms with van der Waals surface area (Å²) in [6.45, 7) is 4.35. The Morgan fingerprint density at radius 1 is 1.41 bits per heavy atom. The molecule has 0 radical (unpaired) electrons. The Balaban J connectivity index is 1.63. The number of amides is 1. The molecule has 0 spiro atoms. The highest BCUT2D eigenvalue weighted by Gasteiger charge is 2.50. The molecule has 1 aliphatic carbocycles. The molecule has 1 aromatic rings. The summed E-state index contributed by atoms with van der Waals surface area (Å²) in [7, 11) is 2.15. The molecule has 120 valence electrons. The van der Waals surface area contributed by atoms with Crippen LogP contribution in [0.3, 0.4) is 0 Å². The summed E-state index contributed by atoms with van der Waals surface area (Å²) < 4.78 is 0. The van der Waals surface area contributed by atoms with Gasteiger partial charge in [-0.15, -0.1) is 0 Å². The van der Waals surface area contributed by atoms with Gasteiger partial charge in [-0.2, -0.15) is 0 Å². The number of hydrogen-bond acceptors (Lipinski definition) is 2. The largest absolute Gasteiger partial charge is 0.353 e. The normalized spacial score (nSPS) is 27.4. The number of likely N-dealkylation sites (tertiary alicyclic amines) is 1. The Bertz CT molecular complexity index is 556. The van der Waals surface area contributed by atoms with Crippen LogP contribution in [0.1, 0.15) is 31.7 Å². The minimum absolute atomic E-state index is 0.214. The Hall–Kier alpha value is -1.06. The number of rotatable bonds is 4. The van der Waals surface area contributed by atoms with Crippen molar-refractivity contribution in [1.82, 2.24) is 10.2 Å². The molecule has 2 atom stereocenters. The predicted octanol–water partition coefficient (Wildman–Crippen LogP) is 3.12. The van der Waals surface area contributed by atoms with Gasteiger partial charge in [-0.3, -0.25) is 4.79 Å². The molecule has 3 rings (SSSR count). The molecule has 3 nitrogen and oxygen atoms in total. The highest BCUT2D eigenvalue weighted by atomic mass is 35.5. The molecule has 1 aromatic carbocycles. The standard InChI is InChI=1S/C18H25ClN2O/c1-13-12-21(2)10-7-16(13)20-17(22)18(8-9-18)11-14-5-3-4-6-15(14)19/h3-6,13,16H,7-12H2,1-2H3,(H,20,22)/t13-,16-/m1/s1. The van der Waals surface area contributed by atoms with Crippen LogP contribution >= 0.6 is 11.6 Å². The van der Waals surface area contributed by atoms with Crippen molar-refractivity contribution in [2.75, 3.05) is 20.1 Å². The predicted molar refractivity (Wildman–Crippen MR) is 90.0 cm³/mol. The van der Waals surface area contributed by atoms with Crippen LogP contribution in [0.4, 0.5) is 0 Å².